The molecule has 0 bridgehead atoms. The number of aromatic amines is 1. The van der Waals surface area contributed by atoms with Crippen molar-refractivity contribution in [3.05, 3.63) is 23.1 Å². The maximum absolute atomic E-state index is 10.1. The Balaban J connectivity index is -0.0000000612. The first-order valence-corrected chi connectivity index (χ1v) is 1.74. The molecule has 11 heavy (non-hydrogen) atoms. The molecule has 0 atom stereocenters. The summed E-state index contributed by atoms with van der Waals surface area (Å²) in [5.74, 6) is 0. The number of H-pyrrole nitrogens is 1. The number of rotatable bonds is 0. The van der Waals surface area contributed by atoms with E-state index in [9.17, 15) is 4.79 Å². The molecule has 1 aromatic rings. The van der Waals surface area contributed by atoms with Gasteiger partial charge in [-0.15, -0.1) is 12.4 Å². The first kappa shape index (κ1) is 22.5. The Bertz CT molecular complexity index is 186. The fourth-order valence-electron chi connectivity index (χ4n) is 0.249. The standard InChI is InChI=1S/C3H3N3O.ClH.3H2O/c7-3-5-1-4-2-6-3;;;;/h1-2H,(H,4,5,6,7);1H;3*1H2. The Morgan fingerprint density at radius 1 is 1.27 bits per heavy atom. The lowest BCUT2D eigenvalue weighted by atomic mass is 11.1. The Morgan fingerprint density at radius 3 is 2.00 bits per heavy atom. The SMILES string of the molecule is Cl.O.O.O.O=c1ncnc[nH]1. The second-order valence-electron chi connectivity index (χ2n) is 0.972. The molecule has 0 unspecified atom stereocenters. The minimum absolute atomic E-state index is 0. The van der Waals surface area contributed by atoms with Crippen molar-refractivity contribution in [3.8, 4) is 0 Å². The van der Waals surface area contributed by atoms with E-state index in [-0.39, 0.29) is 34.5 Å². The van der Waals surface area contributed by atoms with Crippen molar-refractivity contribution in [3.63, 3.8) is 0 Å². The van der Waals surface area contributed by atoms with Gasteiger partial charge in [0.15, 0.2) is 0 Å². The average molecular weight is 188 g/mol. The highest BCUT2D eigenvalue weighted by Crippen LogP contribution is 1.49. The number of hydrogen-bond donors (Lipinski definition) is 1. The van der Waals surface area contributed by atoms with E-state index in [0.29, 0.717) is 0 Å². The highest BCUT2D eigenvalue weighted by Gasteiger charge is 1.71. The summed E-state index contributed by atoms with van der Waals surface area (Å²) in [6, 6.07) is 0. The van der Waals surface area contributed by atoms with Crippen LogP contribution in [0.25, 0.3) is 0 Å². The number of aromatic nitrogens is 3. The van der Waals surface area contributed by atoms with E-state index in [1.807, 2.05) is 0 Å². The van der Waals surface area contributed by atoms with Gasteiger partial charge >= 0.3 is 5.69 Å². The molecule has 0 spiro atoms. The maximum Gasteiger partial charge on any atom is 0.347 e. The summed E-state index contributed by atoms with van der Waals surface area (Å²) in [4.78, 5) is 19.1. The van der Waals surface area contributed by atoms with Crippen molar-refractivity contribution < 1.29 is 16.4 Å². The highest BCUT2D eigenvalue weighted by atomic mass is 35.5. The van der Waals surface area contributed by atoms with E-state index in [2.05, 4.69) is 15.0 Å². The quantitative estimate of drug-likeness (QED) is 0.464. The van der Waals surface area contributed by atoms with Gasteiger partial charge in [0.05, 0.1) is 6.33 Å². The van der Waals surface area contributed by atoms with E-state index in [4.69, 9.17) is 0 Å². The van der Waals surface area contributed by atoms with Crippen molar-refractivity contribution in [1.82, 2.24) is 15.0 Å². The molecule has 7 N–H and O–H groups in total. The Hall–Kier alpha value is -1.02. The Morgan fingerprint density at radius 2 is 1.82 bits per heavy atom. The lowest BCUT2D eigenvalue weighted by Crippen LogP contribution is -2.07. The first-order chi connectivity index (χ1) is 3.39. The molecule has 0 saturated heterocycles. The topological polar surface area (TPSA) is 153 Å². The van der Waals surface area contributed by atoms with Gasteiger partial charge < -0.3 is 16.4 Å². The Labute approximate surface area is 67.8 Å². The smallest absolute Gasteiger partial charge is 0.347 e. The van der Waals surface area contributed by atoms with Crippen LogP contribution in [0.5, 0.6) is 0 Å². The van der Waals surface area contributed by atoms with Crippen molar-refractivity contribution in [1.29, 1.82) is 0 Å². The predicted molar refractivity (Wildman–Crippen MR) is 40.7 cm³/mol. The van der Waals surface area contributed by atoms with Gasteiger partial charge in [0.2, 0.25) is 0 Å². The normalized spacial score (nSPS) is 5.45. The molecule has 0 fully saturated rings. The lowest BCUT2D eigenvalue weighted by molar-refractivity contribution is 0.823. The lowest BCUT2D eigenvalue weighted by Gasteiger charge is -1.72. The summed E-state index contributed by atoms with van der Waals surface area (Å²) >= 11 is 0. The van der Waals surface area contributed by atoms with Crippen LogP contribution < -0.4 is 5.69 Å². The third kappa shape index (κ3) is 8.98. The van der Waals surface area contributed by atoms with Crippen LogP contribution in [0.15, 0.2) is 17.4 Å². The molecule has 1 heterocycles. The fraction of sp³-hybridized carbons (Fsp3) is 0. The van der Waals surface area contributed by atoms with E-state index < -0.39 is 0 Å². The van der Waals surface area contributed by atoms with Crippen LogP contribution in [-0.4, -0.2) is 31.4 Å². The molecule has 1 rings (SSSR count). The number of halogens is 1. The Kier molecular flexibility index (Phi) is 24.0. The maximum atomic E-state index is 10.1. The minimum Gasteiger partial charge on any atom is -0.412 e. The molecule has 0 radical (unpaired) electrons. The molecule has 0 aliphatic rings. The van der Waals surface area contributed by atoms with E-state index in [1.54, 1.807) is 0 Å². The van der Waals surface area contributed by atoms with Crippen LogP contribution in [0.2, 0.25) is 0 Å². The van der Waals surface area contributed by atoms with Crippen LogP contribution in [-0.2, 0) is 0 Å². The van der Waals surface area contributed by atoms with Crippen LogP contribution >= 0.6 is 12.4 Å². The molecular formula is C3H10ClN3O4. The van der Waals surface area contributed by atoms with Gasteiger partial charge in [-0.1, -0.05) is 0 Å². The molecule has 1 aromatic heterocycles. The summed E-state index contributed by atoms with van der Waals surface area (Å²) in [5.41, 5.74) is -0.366. The zero-order chi connectivity index (χ0) is 5.11. The first-order valence-electron chi connectivity index (χ1n) is 1.74. The van der Waals surface area contributed by atoms with Gasteiger partial charge in [0.1, 0.15) is 6.33 Å². The van der Waals surface area contributed by atoms with Gasteiger partial charge in [-0.25, -0.2) is 9.78 Å². The summed E-state index contributed by atoms with van der Waals surface area (Å²) in [5, 5.41) is 0. The van der Waals surface area contributed by atoms with E-state index >= 15 is 0 Å². The minimum atomic E-state index is -0.366. The van der Waals surface area contributed by atoms with E-state index in [1.165, 1.54) is 12.7 Å². The van der Waals surface area contributed by atoms with Gasteiger partial charge in [-0.3, -0.25) is 4.98 Å². The predicted octanol–water partition coefficient (Wildman–Crippen LogP) is -2.89. The molecule has 8 heteroatoms. The third-order valence-corrected chi connectivity index (χ3v) is 0.504. The summed E-state index contributed by atoms with van der Waals surface area (Å²) in [6.45, 7) is 0. The number of nitrogens with zero attached hydrogens (tertiary/aromatic N) is 2. The second-order valence-corrected chi connectivity index (χ2v) is 0.972. The third-order valence-electron chi connectivity index (χ3n) is 0.504. The largest absolute Gasteiger partial charge is 0.412 e. The van der Waals surface area contributed by atoms with Gasteiger partial charge in [0.25, 0.3) is 0 Å². The van der Waals surface area contributed by atoms with Crippen LogP contribution in [0.3, 0.4) is 0 Å². The van der Waals surface area contributed by atoms with Crippen LogP contribution in [0.1, 0.15) is 0 Å². The highest BCUT2D eigenvalue weighted by molar-refractivity contribution is 5.85. The van der Waals surface area contributed by atoms with E-state index in [0.717, 1.165) is 0 Å². The van der Waals surface area contributed by atoms with Gasteiger partial charge in [0, 0.05) is 0 Å². The summed E-state index contributed by atoms with van der Waals surface area (Å²) in [6.07, 6.45) is 2.48. The fourth-order valence-corrected chi connectivity index (χ4v) is 0.249. The molecule has 0 amide bonds. The van der Waals surface area contributed by atoms with Gasteiger partial charge in [-0.2, -0.15) is 4.98 Å². The molecule has 0 saturated carbocycles. The average Bonchev–Trinajstić information content (AvgIpc) is 1.69. The van der Waals surface area contributed by atoms with Crippen molar-refractivity contribution in [2.45, 2.75) is 0 Å². The molecule has 7 nitrogen and oxygen atoms in total. The van der Waals surface area contributed by atoms with Crippen LogP contribution in [0, 0.1) is 0 Å². The molecule has 0 aliphatic heterocycles. The summed E-state index contributed by atoms with van der Waals surface area (Å²) < 4.78 is 0. The zero-order valence-electron chi connectivity index (χ0n) is 5.37. The zero-order valence-corrected chi connectivity index (χ0v) is 6.18. The monoisotopic (exact) mass is 187 g/mol. The molecule has 0 aromatic carbocycles. The van der Waals surface area contributed by atoms with Crippen LogP contribution in [0.4, 0.5) is 0 Å². The molecular weight excluding hydrogens is 178 g/mol. The van der Waals surface area contributed by atoms with Crippen molar-refractivity contribution in [2.75, 3.05) is 0 Å². The molecule has 68 valence electrons. The van der Waals surface area contributed by atoms with Crippen molar-refractivity contribution >= 4 is 12.4 Å². The van der Waals surface area contributed by atoms with Gasteiger partial charge in [-0.05, 0) is 0 Å². The second kappa shape index (κ2) is 11.7. The number of nitrogens with one attached hydrogen (secondary N) is 1. The number of hydrogen-bond acceptors (Lipinski definition) is 3. The summed E-state index contributed by atoms with van der Waals surface area (Å²) in [7, 11) is 0. The molecule has 0 aliphatic carbocycles. The van der Waals surface area contributed by atoms with Crippen molar-refractivity contribution in [2.24, 2.45) is 0 Å².